The van der Waals surface area contributed by atoms with Gasteiger partial charge in [0, 0.05) is 18.8 Å². The quantitative estimate of drug-likeness (QED) is 0.561. The predicted octanol–water partition coefficient (Wildman–Crippen LogP) is 3.35. The van der Waals surface area contributed by atoms with Gasteiger partial charge in [0.2, 0.25) is 5.88 Å². The molecule has 0 spiro atoms. The molecule has 0 aliphatic carbocycles. The van der Waals surface area contributed by atoms with E-state index in [-0.39, 0.29) is 11.9 Å². The lowest BCUT2D eigenvalue weighted by atomic mass is 9.98. The topological polar surface area (TPSA) is 51.7 Å². The summed E-state index contributed by atoms with van der Waals surface area (Å²) in [4.78, 5) is 18.4. The van der Waals surface area contributed by atoms with Crippen LogP contribution in [0.1, 0.15) is 44.1 Å². The van der Waals surface area contributed by atoms with Crippen LogP contribution >= 0.6 is 0 Å². The second-order valence-corrected chi connectivity index (χ2v) is 6.86. The summed E-state index contributed by atoms with van der Waals surface area (Å²) in [5, 5.41) is 0. The molecule has 1 unspecified atom stereocenters. The second kappa shape index (κ2) is 9.56. The molecule has 2 fully saturated rings. The van der Waals surface area contributed by atoms with E-state index in [4.69, 9.17) is 9.47 Å². The highest BCUT2D eigenvalue weighted by Crippen LogP contribution is 2.19. The van der Waals surface area contributed by atoms with E-state index in [0.29, 0.717) is 19.1 Å². The number of hydrogen-bond donors (Lipinski definition) is 0. The van der Waals surface area contributed by atoms with E-state index >= 15 is 0 Å². The molecule has 2 aliphatic heterocycles. The van der Waals surface area contributed by atoms with Crippen LogP contribution in [0.4, 0.5) is 0 Å². The lowest BCUT2D eigenvalue weighted by Gasteiger charge is -2.26. The first-order chi connectivity index (χ1) is 12.3. The van der Waals surface area contributed by atoms with Gasteiger partial charge in [-0.2, -0.15) is 0 Å². The summed E-state index contributed by atoms with van der Waals surface area (Å²) in [7, 11) is 0. The summed E-state index contributed by atoms with van der Waals surface area (Å²) >= 11 is 0. The normalized spacial score (nSPS) is 22.1. The molecule has 1 atom stereocenters. The van der Waals surface area contributed by atoms with E-state index in [9.17, 15) is 4.79 Å². The maximum atomic E-state index is 11.6. The Morgan fingerprint density at radius 1 is 1.24 bits per heavy atom. The van der Waals surface area contributed by atoms with Crippen LogP contribution in [0.3, 0.4) is 0 Å². The van der Waals surface area contributed by atoms with Crippen molar-refractivity contribution in [1.82, 2.24) is 9.88 Å². The van der Waals surface area contributed by atoms with Crippen molar-refractivity contribution in [2.75, 3.05) is 26.3 Å². The molecule has 0 radical (unpaired) electrons. The van der Waals surface area contributed by atoms with Gasteiger partial charge in [-0.15, -0.1) is 0 Å². The molecular weight excluding hydrogens is 316 g/mol. The lowest BCUT2D eigenvalue weighted by molar-refractivity contribution is -0.152. The number of piperidine rings is 1. The number of ether oxygens (including phenoxy) is 2. The number of rotatable bonds is 7. The summed E-state index contributed by atoms with van der Waals surface area (Å²) in [6, 6.07) is 4.09. The molecule has 2 saturated heterocycles. The number of cyclic esters (lactones) is 1. The van der Waals surface area contributed by atoms with Crippen molar-refractivity contribution in [3.05, 3.63) is 36.0 Å². The second-order valence-electron chi connectivity index (χ2n) is 6.86. The number of esters is 1. The zero-order valence-corrected chi connectivity index (χ0v) is 14.9. The summed E-state index contributed by atoms with van der Waals surface area (Å²) in [5.74, 6) is 0.608. The number of likely N-dealkylation sites (tertiary alicyclic amines) is 1. The molecule has 0 N–H and O–H groups in total. The molecule has 1 aromatic rings. The highest BCUT2D eigenvalue weighted by atomic mass is 16.5. The fourth-order valence-electron chi connectivity index (χ4n) is 3.42. The standard InChI is InChI=1S/C20H28N2O3/c23-20-18(8-6-14-25-20)7-2-5-13-24-19-15-17(9-10-21-19)16-22-11-3-1-4-12-22/h2,5,9-10,15,18H,1,3-4,6-8,11-14,16H2. The molecular formula is C20H28N2O3. The van der Waals surface area contributed by atoms with Gasteiger partial charge in [-0.3, -0.25) is 9.69 Å². The van der Waals surface area contributed by atoms with Gasteiger partial charge in [0.1, 0.15) is 6.61 Å². The van der Waals surface area contributed by atoms with Crippen LogP contribution in [0.2, 0.25) is 0 Å². The van der Waals surface area contributed by atoms with Crippen molar-refractivity contribution in [2.24, 2.45) is 5.92 Å². The van der Waals surface area contributed by atoms with E-state index in [0.717, 1.165) is 25.8 Å². The van der Waals surface area contributed by atoms with Crippen molar-refractivity contribution < 1.29 is 14.3 Å². The number of pyridine rings is 1. The minimum atomic E-state index is -0.0658. The van der Waals surface area contributed by atoms with Crippen molar-refractivity contribution in [3.8, 4) is 5.88 Å². The maximum absolute atomic E-state index is 11.6. The van der Waals surface area contributed by atoms with Crippen LogP contribution in [-0.4, -0.2) is 42.2 Å². The molecule has 0 bridgehead atoms. The average Bonchev–Trinajstić information content (AvgIpc) is 2.64. The number of carbonyl (C=O) groups is 1. The average molecular weight is 344 g/mol. The summed E-state index contributed by atoms with van der Waals surface area (Å²) < 4.78 is 10.8. The molecule has 136 valence electrons. The Balaban J connectivity index is 1.41. The number of carbonyl (C=O) groups excluding carboxylic acids is 1. The lowest BCUT2D eigenvalue weighted by Crippen LogP contribution is -2.29. The summed E-state index contributed by atoms with van der Waals surface area (Å²) in [6.07, 6.45) is 12.4. The maximum Gasteiger partial charge on any atom is 0.309 e. The Kier molecular flexibility index (Phi) is 6.86. The Morgan fingerprint density at radius 3 is 2.96 bits per heavy atom. The molecule has 5 nitrogen and oxygen atoms in total. The van der Waals surface area contributed by atoms with Gasteiger partial charge in [0.15, 0.2) is 0 Å². The van der Waals surface area contributed by atoms with Crippen LogP contribution in [0.15, 0.2) is 30.5 Å². The van der Waals surface area contributed by atoms with Gasteiger partial charge < -0.3 is 9.47 Å². The Bertz CT molecular complexity index is 582. The van der Waals surface area contributed by atoms with Crippen LogP contribution in [0.25, 0.3) is 0 Å². The fourth-order valence-corrected chi connectivity index (χ4v) is 3.42. The zero-order chi connectivity index (χ0) is 17.3. The molecule has 3 rings (SSSR count). The van der Waals surface area contributed by atoms with E-state index in [2.05, 4.69) is 16.0 Å². The monoisotopic (exact) mass is 344 g/mol. The molecule has 1 aromatic heterocycles. The van der Waals surface area contributed by atoms with Gasteiger partial charge in [-0.05, 0) is 56.8 Å². The minimum Gasteiger partial charge on any atom is -0.473 e. The third-order valence-corrected chi connectivity index (χ3v) is 4.84. The minimum absolute atomic E-state index is 0.0102. The molecule has 3 heterocycles. The highest BCUT2D eigenvalue weighted by molar-refractivity contribution is 5.73. The van der Waals surface area contributed by atoms with Gasteiger partial charge in [0.05, 0.1) is 12.5 Å². The SMILES string of the molecule is O=C1OCCCC1CC=CCOc1cc(CN2CCCCC2)ccn1. The third kappa shape index (κ3) is 5.85. The first-order valence-electron chi connectivity index (χ1n) is 9.43. The van der Waals surface area contributed by atoms with E-state index in [1.165, 1.54) is 37.9 Å². The summed E-state index contributed by atoms with van der Waals surface area (Å²) in [6.45, 7) is 4.39. The first-order valence-corrected chi connectivity index (χ1v) is 9.43. The van der Waals surface area contributed by atoms with Crippen LogP contribution in [0, 0.1) is 5.92 Å². The third-order valence-electron chi connectivity index (χ3n) is 4.84. The van der Waals surface area contributed by atoms with Crippen molar-refractivity contribution in [1.29, 1.82) is 0 Å². The van der Waals surface area contributed by atoms with Crippen molar-refractivity contribution >= 4 is 5.97 Å². The zero-order valence-electron chi connectivity index (χ0n) is 14.9. The molecule has 0 saturated carbocycles. The van der Waals surface area contributed by atoms with Crippen molar-refractivity contribution in [3.63, 3.8) is 0 Å². The summed E-state index contributed by atoms with van der Waals surface area (Å²) in [5.41, 5.74) is 1.25. The molecule has 5 heteroatoms. The largest absolute Gasteiger partial charge is 0.473 e. The van der Waals surface area contributed by atoms with E-state index in [1.54, 1.807) is 0 Å². The van der Waals surface area contributed by atoms with Gasteiger partial charge >= 0.3 is 5.97 Å². The Labute approximate surface area is 150 Å². The number of allylic oxidation sites excluding steroid dienone is 1. The highest BCUT2D eigenvalue weighted by Gasteiger charge is 2.22. The molecule has 0 aromatic carbocycles. The Hall–Kier alpha value is -1.88. The predicted molar refractivity (Wildman–Crippen MR) is 96.3 cm³/mol. The first kappa shape index (κ1) is 17.9. The van der Waals surface area contributed by atoms with Crippen LogP contribution in [-0.2, 0) is 16.1 Å². The van der Waals surface area contributed by atoms with Crippen LogP contribution in [0.5, 0.6) is 5.88 Å². The molecule has 25 heavy (non-hydrogen) atoms. The number of aromatic nitrogens is 1. The number of hydrogen-bond acceptors (Lipinski definition) is 5. The van der Waals surface area contributed by atoms with Gasteiger partial charge in [-0.1, -0.05) is 18.6 Å². The van der Waals surface area contributed by atoms with Gasteiger partial charge in [-0.25, -0.2) is 4.98 Å². The molecule has 0 amide bonds. The Morgan fingerprint density at radius 2 is 2.12 bits per heavy atom. The fraction of sp³-hybridized carbons (Fsp3) is 0.600. The van der Waals surface area contributed by atoms with E-state index < -0.39 is 0 Å². The van der Waals surface area contributed by atoms with Gasteiger partial charge in [0.25, 0.3) is 0 Å². The smallest absolute Gasteiger partial charge is 0.309 e. The van der Waals surface area contributed by atoms with Crippen LogP contribution < -0.4 is 4.74 Å². The number of nitrogens with zero attached hydrogens (tertiary/aromatic N) is 2. The van der Waals surface area contributed by atoms with Crippen molar-refractivity contribution in [2.45, 2.75) is 45.1 Å². The van der Waals surface area contributed by atoms with E-state index in [1.807, 2.05) is 24.4 Å². The molecule has 2 aliphatic rings.